The highest BCUT2D eigenvalue weighted by Gasteiger charge is 2.18. The lowest BCUT2D eigenvalue weighted by Gasteiger charge is -2.09. The highest BCUT2D eigenvalue weighted by atomic mass is 16.5. The number of ether oxygens (including phenoxy) is 1. The van der Waals surface area contributed by atoms with E-state index in [1.54, 1.807) is 19.5 Å². The molecule has 4 rings (SSSR count). The van der Waals surface area contributed by atoms with E-state index in [0.29, 0.717) is 5.88 Å². The van der Waals surface area contributed by atoms with Gasteiger partial charge >= 0.3 is 0 Å². The van der Waals surface area contributed by atoms with Crippen molar-refractivity contribution >= 4 is 10.9 Å². The van der Waals surface area contributed by atoms with E-state index < -0.39 is 0 Å². The Labute approximate surface area is 145 Å². The molecule has 0 radical (unpaired) electrons. The van der Waals surface area contributed by atoms with Crippen molar-refractivity contribution in [3.8, 4) is 28.4 Å². The van der Waals surface area contributed by atoms with Gasteiger partial charge in [0, 0.05) is 28.9 Å². The summed E-state index contributed by atoms with van der Waals surface area (Å²) in [6.07, 6.45) is 4.41. The highest BCUT2D eigenvalue weighted by Crippen LogP contribution is 2.36. The molecular weight excluding hydrogens is 312 g/mol. The number of H-pyrrole nitrogens is 1. The smallest absolute Gasteiger partial charge is 0.242 e. The van der Waals surface area contributed by atoms with Crippen LogP contribution in [-0.4, -0.2) is 27.3 Å². The Balaban J connectivity index is 1.95. The summed E-state index contributed by atoms with van der Waals surface area (Å²) < 4.78 is 5.48. The zero-order valence-corrected chi connectivity index (χ0v) is 14.2. The van der Waals surface area contributed by atoms with E-state index in [0.717, 1.165) is 34.5 Å². The number of methoxy groups -OCH3 is 1. The Kier molecular flexibility index (Phi) is 3.90. The minimum absolute atomic E-state index is 0.513. The molecule has 0 bridgehead atoms. The third-order valence-electron chi connectivity index (χ3n) is 4.37. The molecule has 0 saturated carbocycles. The second-order valence-corrected chi connectivity index (χ2v) is 5.77. The number of hydrogen-bond acceptors (Lipinski definition) is 4. The summed E-state index contributed by atoms with van der Waals surface area (Å²) in [7, 11) is 1.62. The molecule has 0 amide bonds. The monoisotopic (exact) mass is 330 g/mol. The molecule has 25 heavy (non-hydrogen) atoms. The molecule has 0 aliphatic carbocycles. The number of aromatic nitrogens is 4. The predicted molar refractivity (Wildman–Crippen MR) is 98.5 cm³/mol. The van der Waals surface area contributed by atoms with Crippen LogP contribution in [0.1, 0.15) is 12.5 Å². The second-order valence-electron chi connectivity index (χ2n) is 5.77. The summed E-state index contributed by atoms with van der Waals surface area (Å²) in [5.41, 5.74) is 6.07. The molecule has 5 nitrogen and oxygen atoms in total. The standard InChI is InChI=1S/C20H18N4O/c1-3-14-15-6-4-5-7-17(15)22-19(14)16-12-18(23-24-20(16)25-2)13-8-10-21-11-9-13/h4-12,22H,3H2,1-2H3. The van der Waals surface area contributed by atoms with Crippen molar-refractivity contribution in [3.05, 3.63) is 60.4 Å². The van der Waals surface area contributed by atoms with Gasteiger partial charge in [-0.15, -0.1) is 10.2 Å². The summed E-state index contributed by atoms with van der Waals surface area (Å²) in [5.74, 6) is 0.513. The Bertz CT molecular complexity index is 1020. The van der Waals surface area contributed by atoms with Crippen LogP contribution in [0.25, 0.3) is 33.4 Å². The number of aromatic amines is 1. The van der Waals surface area contributed by atoms with Crippen molar-refractivity contribution in [2.45, 2.75) is 13.3 Å². The first-order valence-electron chi connectivity index (χ1n) is 8.24. The van der Waals surface area contributed by atoms with Gasteiger partial charge in [-0.05, 0) is 36.2 Å². The van der Waals surface area contributed by atoms with Crippen molar-refractivity contribution < 1.29 is 4.74 Å². The number of nitrogens with zero attached hydrogens (tertiary/aromatic N) is 3. The van der Waals surface area contributed by atoms with Crippen LogP contribution in [0.15, 0.2) is 54.9 Å². The molecular formula is C20H18N4O. The summed E-state index contributed by atoms with van der Waals surface area (Å²) in [5, 5.41) is 9.81. The molecule has 5 heteroatoms. The minimum Gasteiger partial charge on any atom is -0.479 e. The lowest BCUT2D eigenvalue weighted by molar-refractivity contribution is 0.394. The van der Waals surface area contributed by atoms with Crippen LogP contribution < -0.4 is 4.74 Å². The van der Waals surface area contributed by atoms with Crippen LogP contribution in [0.3, 0.4) is 0 Å². The van der Waals surface area contributed by atoms with Gasteiger partial charge in [0.05, 0.1) is 24.1 Å². The second kappa shape index (κ2) is 6.36. The number of para-hydroxylation sites is 1. The SMILES string of the molecule is CCc1c(-c2cc(-c3ccncc3)nnc2OC)[nH]c2ccccc12. The van der Waals surface area contributed by atoms with Crippen molar-refractivity contribution in [3.63, 3.8) is 0 Å². The molecule has 0 saturated heterocycles. The fourth-order valence-electron chi connectivity index (χ4n) is 3.17. The summed E-state index contributed by atoms with van der Waals surface area (Å²) >= 11 is 0. The maximum atomic E-state index is 5.48. The third-order valence-corrected chi connectivity index (χ3v) is 4.37. The molecule has 0 atom stereocenters. The van der Waals surface area contributed by atoms with Crippen molar-refractivity contribution in [2.75, 3.05) is 7.11 Å². The van der Waals surface area contributed by atoms with Crippen molar-refractivity contribution in [2.24, 2.45) is 0 Å². The van der Waals surface area contributed by atoms with Crippen molar-refractivity contribution in [1.82, 2.24) is 20.2 Å². The van der Waals surface area contributed by atoms with Crippen LogP contribution in [0, 0.1) is 0 Å². The van der Waals surface area contributed by atoms with E-state index in [1.807, 2.05) is 24.3 Å². The molecule has 1 aromatic carbocycles. The zero-order valence-electron chi connectivity index (χ0n) is 14.2. The van der Waals surface area contributed by atoms with Gasteiger partial charge in [0.2, 0.25) is 5.88 Å². The van der Waals surface area contributed by atoms with E-state index >= 15 is 0 Å². The normalized spacial score (nSPS) is 11.0. The first-order chi connectivity index (χ1) is 12.3. The van der Waals surface area contributed by atoms with E-state index in [4.69, 9.17) is 4.74 Å². The van der Waals surface area contributed by atoms with Crippen LogP contribution in [0.2, 0.25) is 0 Å². The van der Waals surface area contributed by atoms with Gasteiger partial charge in [-0.25, -0.2) is 0 Å². The average molecular weight is 330 g/mol. The maximum absolute atomic E-state index is 5.48. The van der Waals surface area contributed by atoms with Gasteiger partial charge in [-0.2, -0.15) is 0 Å². The van der Waals surface area contributed by atoms with Crippen LogP contribution in [0.5, 0.6) is 5.88 Å². The summed E-state index contributed by atoms with van der Waals surface area (Å²) in [6.45, 7) is 2.16. The lowest BCUT2D eigenvalue weighted by atomic mass is 10.0. The van der Waals surface area contributed by atoms with E-state index in [-0.39, 0.29) is 0 Å². The first-order valence-corrected chi connectivity index (χ1v) is 8.24. The van der Waals surface area contributed by atoms with Gasteiger partial charge in [-0.3, -0.25) is 4.98 Å². The molecule has 124 valence electrons. The summed E-state index contributed by atoms with van der Waals surface area (Å²) in [6, 6.07) is 14.2. The fourth-order valence-corrected chi connectivity index (χ4v) is 3.17. The summed E-state index contributed by atoms with van der Waals surface area (Å²) in [4.78, 5) is 7.59. The molecule has 0 spiro atoms. The van der Waals surface area contributed by atoms with Gasteiger partial charge in [0.25, 0.3) is 0 Å². The third kappa shape index (κ3) is 2.63. The fraction of sp³-hybridized carbons (Fsp3) is 0.150. The van der Waals surface area contributed by atoms with Gasteiger partial charge < -0.3 is 9.72 Å². The maximum Gasteiger partial charge on any atom is 0.242 e. The van der Waals surface area contributed by atoms with Gasteiger partial charge in [0.15, 0.2) is 0 Å². The van der Waals surface area contributed by atoms with Crippen LogP contribution in [-0.2, 0) is 6.42 Å². The molecule has 1 N–H and O–H groups in total. The molecule has 3 aromatic heterocycles. The number of pyridine rings is 1. The molecule has 4 aromatic rings. The first kappa shape index (κ1) is 15.3. The Hall–Kier alpha value is -3.21. The quantitative estimate of drug-likeness (QED) is 0.607. The molecule has 0 unspecified atom stereocenters. The predicted octanol–water partition coefficient (Wildman–Crippen LogP) is 4.26. The number of hydrogen-bond donors (Lipinski definition) is 1. The van der Waals surface area contributed by atoms with Gasteiger partial charge in [0.1, 0.15) is 0 Å². The van der Waals surface area contributed by atoms with Crippen LogP contribution >= 0.6 is 0 Å². The number of benzene rings is 1. The number of aryl methyl sites for hydroxylation is 1. The average Bonchev–Trinajstić information content (AvgIpc) is 3.06. The molecule has 3 heterocycles. The van der Waals surface area contributed by atoms with Gasteiger partial charge in [-0.1, -0.05) is 25.1 Å². The highest BCUT2D eigenvalue weighted by molar-refractivity contribution is 5.92. The van der Waals surface area contributed by atoms with E-state index in [1.165, 1.54) is 10.9 Å². The Morgan fingerprint density at radius 1 is 1.04 bits per heavy atom. The van der Waals surface area contributed by atoms with E-state index in [9.17, 15) is 0 Å². The van der Waals surface area contributed by atoms with E-state index in [2.05, 4.69) is 45.3 Å². The minimum atomic E-state index is 0.513. The van der Waals surface area contributed by atoms with Crippen LogP contribution in [0.4, 0.5) is 0 Å². The number of fused-ring (bicyclic) bond motifs is 1. The topological polar surface area (TPSA) is 63.7 Å². The largest absolute Gasteiger partial charge is 0.479 e. The Morgan fingerprint density at radius 3 is 2.60 bits per heavy atom. The number of rotatable bonds is 4. The Morgan fingerprint density at radius 2 is 1.84 bits per heavy atom. The zero-order chi connectivity index (χ0) is 17.2. The molecule has 0 aliphatic rings. The molecule has 0 aliphatic heterocycles. The molecule has 0 fully saturated rings. The number of nitrogens with one attached hydrogen (secondary N) is 1. The van der Waals surface area contributed by atoms with Crippen molar-refractivity contribution in [1.29, 1.82) is 0 Å². The lowest BCUT2D eigenvalue weighted by Crippen LogP contribution is -1.98.